The minimum atomic E-state index is -0.177. The maximum absolute atomic E-state index is 12.9. The van der Waals surface area contributed by atoms with Crippen LogP contribution in [0.5, 0.6) is 0 Å². The van der Waals surface area contributed by atoms with E-state index in [-0.39, 0.29) is 11.9 Å². The Morgan fingerprint density at radius 1 is 1.23 bits per heavy atom. The largest absolute Gasteiger partial charge is 0.360 e. The number of rotatable bonds is 6. The molecule has 2 aromatic heterocycles. The van der Waals surface area contributed by atoms with Gasteiger partial charge in [-0.05, 0) is 31.2 Å². The van der Waals surface area contributed by atoms with Gasteiger partial charge in [-0.15, -0.1) is 0 Å². The maximum atomic E-state index is 12.9. The highest BCUT2D eigenvalue weighted by Crippen LogP contribution is 2.25. The number of nitrogens with zero attached hydrogens (tertiary/aromatic N) is 4. The van der Waals surface area contributed by atoms with Gasteiger partial charge in [0.25, 0.3) is 5.91 Å². The van der Waals surface area contributed by atoms with Gasteiger partial charge in [0.1, 0.15) is 18.4 Å². The predicted octanol–water partition coefficient (Wildman–Crippen LogP) is 2.71. The second-order valence-corrected chi connectivity index (χ2v) is 6.52. The Bertz CT molecular complexity index is 857. The third-order valence-corrected chi connectivity index (χ3v) is 4.79. The number of carbonyl (C=O) groups is 1. The lowest BCUT2D eigenvalue weighted by Crippen LogP contribution is -2.30. The summed E-state index contributed by atoms with van der Waals surface area (Å²) in [6.45, 7) is 0.663. The number of hydrogen-bond acceptors (Lipinski definition) is 5. The van der Waals surface area contributed by atoms with Crippen LogP contribution in [0.4, 0.5) is 0 Å². The van der Waals surface area contributed by atoms with Crippen LogP contribution < -0.4 is 5.32 Å². The molecule has 0 saturated heterocycles. The third-order valence-electron chi connectivity index (χ3n) is 4.79. The fraction of sp³-hybridized carbons (Fsp3) is 0.368. The SMILES string of the molecule is O=C(NC(CCn1cncn1)c1ccccc1)c1noc2c1CCCC2. The molecule has 0 aliphatic heterocycles. The van der Waals surface area contributed by atoms with E-state index in [0.717, 1.165) is 42.6 Å². The van der Waals surface area contributed by atoms with Gasteiger partial charge in [0.15, 0.2) is 5.69 Å². The monoisotopic (exact) mass is 351 g/mol. The van der Waals surface area contributed by atoms with Crippen LogP contribution in [0, 0.1) is 0 Å². The molecule has 1 atom stereocenters. The van der Waals surface area contributed by atoms with Crippen molar-refractivity contribution in [1.29, 1.82) is 0 Å². The first-order valence-electron chi connectivity index (χ1n) is 8.97. The summed E-state index contributed by atoms with van der Waals surface area (Å²) in [5, 5.41) is 11.3. The van der Waals surface area contributed by atoms with Crippen LogP contribution in [0.15, 0.2) is 47.5 Å². The van der Waals surface area contributed by atoms with Crippen molar-refractivity contribution in [2.45, 2.75) is 44.7 Å². The highest BCUT2D eigenvalue weighted by molar-refractivity contribution is 5.94. The molecule has 1 unspecified atom stereocenters. The number of fused-ring (bicyclic) bond motifs is 1. The molecule has 4 rings (SSSR count). The van der Waals surface area contributed by atoms with Gasteiger partial charge in [-0.1, -0.05) is 35.5 Å². The first-order chi connectivity index (χ1) is 12.8. The van der Waals surface area contributed by atoms with E-state index in [1.807, 2.05) is 30.3 Å². The average molecular weight is 351 g/mol. The molecule has 0 bridgehead atoms. The molecular formula is C19H21N5O2. The molecule has 0 radical (unpaired) electrons. The Hall–Kier alpha value is -2.96. The van der Waals surface area contributed by atoms with Crippen LogP contribution in [0.1, 0.15) is 52.7 Å². The zero-order chi connectivity index (χ0) is 17.8. The molecule has 0 spiro atoms. The van der Waals surface area contributed by atoms with E-state index >= 15 is 0 Å². The molecule has 134 valence electrons. The molecule has 26 heavy (non-hydrogen) atoms. The van der Waals surface area contributed by atoms with Crippen molar-refractivity contribution in [3.8, 4) is 0 Å². The molecule has 1 amide bonds. The third kappa shape index (κ3) is 3.51. The van der Waals surface area contributed by atoms with E-state index in [2.05, 4.69) is 20.6 Å². The summed E-state index contributed by atoms with van der Waals surface area (Å²) in [5.74, 6) is 0.685. The topological polar surface area (TPSA) is 85.8 Å². The molecule has 3 aromatic rings. The summed E-state index contributed by atoms with van der Waals surface area (Å²) in [5.41, 5.74) is 2.46. The van der Waals surface area contributed by atoms with Gasteiger partial charge in [-0.3, -0.25) is 9.48 Å². The van der Waals surface area contributed by atoms with E-state index in [0.29, 0.717) is 18.7 Å². The van der Waals surface area contributed by atoms with Crippen LogP contribution in [-0.4, -0.2) is 25.8 Å². The van der Waals surface area contributed by atoms with E-state index in [9.17, 15) is 4.79 Å². The Labute approximate surface area is 151 Å². The number of benzene rings is 1. The molecule has 1 aliphatic rings. The maximum Gasteiger partial charge on any atom is 0.274 e. The molecule has 7 heteroatoms. The lowest BCUT2D eigenvalue weighted by Gasteiger charge is -2.19. The Kier molecular flexibility index (Phi) is 4.77. The zero-order valence-electron chi connectivity index (χ0n) is 14.5. The zero-order valence-corrected chi connectivity index (χ0v) is 14.5. The molecule has 1 aliphatic carbocycles. The lowest BCUT2D eigenvalue weighted by molar-refractivity contribution is 0.0923. The van der Waals surface area contributed by atoms with Crippen LogP contribution in [0.3, 0.4) is 0 Å². The van der Waals surface area contributed by atoms with Crippen molar-refractivity contribution in [2.75, 3.05) is 0 Å². The molecule has 7 nitrogen and oxygen atoms in total. The van der Waals surface area contributed by atoms with Crippen LogP contribution in [0.25, 0.3) is 0 Å². The van der Waals surface area contributed by atoms with Crippen molar-refractivity contribution in [2.24, 2.45) is 0 Å². The molecule has 1 N–H and O–H groups in total. The quantitative estimate of drug-likeness (QED) is 0.738. The van der Waals surface area contributed by atoms with Gasteiger partial charge in [-0.25, -0.2) is 4.98 Å². The Balaban J connectivity index is 1.52. The summed E-state index contributed by atoms with van der Waals surface area (Å²) < 4.78 is 7.15. The van der Waals surface area contributed by atoms with Crippen molar-refractivity contribution in [3.63, 3.8) is 0 Å². The molecule has 2 heterocycles. The van der Waals surface area contributed by atoms with Crippen molar-refractivity contribution in [1.82, 2.24) is 25.2 Å². The van der Waals surface area contributed by atoms with E-state index in [1.165, 1.54) is 6.33 Å². The van der Waals surface area contributed by atoms with Gasteiger partial charge >= 0.3 is 0 Å². The smallest absolute Gasteiger partial charge is 0.274 e. The molecule has 0 saturated carbocycles. The molecular weight excluding hydrogens is 330 g/mol. The first-order valence-corrected chi connectivity index (χ1v) is 8.97. The van der Waals surface area contributed by atoms with Gasteiger partial charge in [0.2, 0.25) is 0 Å². The standard InChI is InChI=1S/C19H21N5O2/c25-19(18-15-8-4-5-9-17(15)26-23-18)22-16(14-6-2-1-3-7-14)10-11-24-13-20-12-21-24/h1-3,6-7,12-13,16H,4-5,8-11H2,(H,22,25). The second-order valence-electron chi connectivity index (χ2n) is 6.52. The fourth-order valence-electron chi connectivity index (χ4n) is 3.41. The summed E-state index contributed by atoms with van der Waals surface area (Å²) >= 11 is 0. The summed E-state index contributed by atoms with van der Waals surface area (Å²) in [4.78, 5) is 16.8. The van der Waals surface area contributed by atoms with Crippen molar-refractivity contribution < 1.29 is 9.32 Å². The molecule has 0 fully saturated rings. The first kappa shape index (κ1) is 16.5. The van der Waals surface area contributed by atoms with E-state index in [1.54, 1.807) is 11.0 Å². The minimum absolute atomic E-state index is 0.135. The Morgan fingerprint density at radius 3 is 2.88 bits per heavy atom. The van der Waals surface area contributed by atoms with Gasteiger partial charge < -0.3 is 9.84 Å². The Morgan fingerprint density at radius 2 is 2.08 bits per heavy atom. The summed E-state index contributed by atoms with van der Waals surface area (Å²) in [6, 6.07) is 9.82. The number of aromatic nitrogens is 4. The van der Waals surface area contributed by atoms with Crippen molar-refractivity contribution in [3.05, 3.63) is 65.6 Å². The van der Waals surface area contributed by atoms with Crippen LogP contribution >= 0.6 is 0 Å². The van der Waals surface area contributed by atoms with E-state index < -0.39 is 0 Å². The number of hydrogen-bond donors (Lipinski definition) is 1. The number of carbonyl (C=O) groups excluding carboxylic acids is 1. The van der Waals surface area contributed by atoms with Gasteiger partial charge in [0, 0.05) is 18.5 Å². The van der Waals surface area contributed by atoms with E-state index in [4.69, 9.17) is 4.52 Å². The fourth-order valence-corrected chi connectivity index (χ4v) is 3.41. The van der Waals surface area contributed by atoms with Crippen LogP contribution in [-0.2, 0) is 19.4 Å². The minimum Gasteiger partial charge on any atom is -0.360 e. The molecule has 1 aromatic carbocycles. The highest BCUT2D eigenvalue weighted by atomic mass is 16.5. The lowest BCUT2D eigenvalue weighted by atomic mass is 9.96. The number of nitrogens with one attached hydrogen (secondary N) is 1. The normalized spacial score (nSPS) is 14.6. The number of aryl methyl sites for hydroxylation is 2. The van der Waals surface area contributed by atoms with Crippen LogP contribution in [0.2, 0.25) is 0 Å². The van der Waals surface area contributed by atoms with Gasteiger partial charge in [0.05, 0.1) is 6.04 Å². The summed E-state index contributed by atoms with van der Waals surface area (Å²) in [7, 11) is 0. The predicted molar refractivity (Wildman–Crippen MR) is 94.4 cm³/mol. The summed E-state index contributed by atoms with van der Waals surface area (Å²) in [6.07, 6.45) is 7.78. The highest BCUT2D eigenvalue weighted by Gasteiger charge is 2.25. The average Bonchev–Trinajstić information content (AvgIpc) is 3.35. The van der Waals surface area contributed by atoms with Crippen molar-refractivity contribution >= 4 is 5.91 Å². The second kappa shape index (κ2) is 7.51. The van der Waals surface area contributed by atoms with Gasteiger partial charge in [-0.2, -0.15) is 5.10 Å². The number of amides is 1.